The van der Waals surface area contributed by atoms with Crippen molar-refractivity contribution in [1.29, 1.82) is 0 Å². The maximum Gasteiger partial charge on any atom is 0.333 e. The number of hydroxylamine groups is 2. The van der Waals surface area contributed by atoms with Crippen molar-refractivity contribution in [2.75, 3.05) is 11.4 Å². The van der Waals surface area contributed by atoms with E-state index >= 15 is 0 Å². The van der Waals surface area contributed by atoms with Crippen molar-refractivity contribution in [3.8, 4) is 11.8 Å². The van der Waals surface area contributed by atoms with Crippen LogP contribution in [0.5, 0.6) is 0 Å². The summed E-state index contributed by atoms with van der Waals surface area (Å²) in [6.07, 6.45) is 0.317. The predicted octanol–water partition coefficient (Wildman–Crippen LogP) is 2.36. The van der Waals surface area contributed by atoms with Gasteiger partial charge in [-0.1, -0.05) is 42.2 Å². The molecule has 0 saturated carbocycles. The predicted molar refractivity (Wildman–Crippen MR) is 111 cm³/mol. The number of hydrogen-bond acceptors (Lipinski definition) is 5. The SMILES string of the molecule is O=C(CCC(=O)N1CCc2ccccc2C#Cc2ccccc21)ON1C(=O)CCC1=O. The molecule has 1 saturated heterocycles. The van der Waals surface area contributed by atoms with E-state index in [-0.39, 0.29) is 31.6 Å². The maximum absolute atomic E-state index is 13.0. The molecule has 0 aromatic heterocycles. The minimum absolute atomic E-state index is 0.0259. The monoisotopic (exact) mass is 416 g/mol. The van der Waals surface area contributed by atoms with Crippen molar-refractivity contribution in [3.05, 3.63) is 65.2 Å². The zero-order chi connectivity index (χ0) is 21.8. The molecule has 1 fully saturated rings. The third-order valence-corrected chi connectivity index (χ3v) is 5.19. The minimum Gasteiger partial charge on any atom is -0.330 e. The summed E-state index contributed by atoms with van der Waals surface area (Å²) in [7, 11) is 0. The van der Waals surface area contributed by atoms with Crippen LogP contribution in [0.3, 0.4) is 0 Å². The molecule has 156 valence electrons. The van der Waals surface area contributed by atoms with Gasteiger partial charge in [-0.15, -0.1) is 5.06 Å². The Labute approximate surface area is 179 Å². The molecule has 31 heavy (non-hydrogen) atoms. The van der Waals surface area contributed by atoms with Crippen molar-refractivity contribution >= 4 is 29.4 Å². The molecular formula is C24H20N2O5. The van der Waals surface area contributed by atoms with Gasteiger partial charge in [-0.05, 0) is 30.2 Å². The van der Waals surface area contributed by atoms with Crippen LogP contribution in [0.25, 0.3) is 0 Å². The van der Waals surface area contributed by atoms with Gasteiger partial charge >= 0.3 is 5.97 Å². The molecular weight excluding hydrogens is 396 g/mol. The summed E-state index contributed by atoms with van der Waals surface area (Å²) in [5.74, 6) is 4.20. The number of carbonyl (C=O) groups excluding carboxylic acids is 4. The summed E-state index contributed by atoms with van der Waals surface area (Å²) in [6.45, 7) is 0.425. The summed E-state index contributed by atoms with van der Waals surface area (Å²) in [6, 6.07) is 15.2. The lowest BCUT2D eigenvalue weighted by Crippen LogP contribution is -2.35. The van der Waals surface area contributed by atoms with Crippen molar-refractivity contribution in [3.63, 3.8) is 0 Å². The molecule has 7 heteroatoms. The highest BCUT2D eigenvalue weighted by Crippen LogP contribution is 2.24. The first-order valence-electron chi connectivity index (χ1n) is 10.1. The Kier molecular flexibility index (Phi) is 5.80. The van der Waals surface area contributed by atoms with E-state index in [0.29, 0.717) is 23.7 Å². The number of nitrogens with zero attached hydrogens (tertiary/aromatic N) is 2. The quantitative estimate of drug-likeness (QED) is 0.564. The number of hydrogen-bond donors (Lipinski definition) is 0. The lowest BCUT2D eigenvalue weighted by atomic mass is 10.0. The molecule has 2 aromatic carbocycles. The average molecular weight is 416 g/mol. The molecule has 2 heterocycles. The van der Waals surface area contributed by atoms with Crippen molar-refractivity contribution in [2.24, 2.45) is 0 Å². The largest absolute Gasteiger partial charge is 0.333 e. The molecule has 4 rings (SSSR count). The second-order valence-corrected chi connectivity index (χ2v) is 7.26. The lowest BCUT2D eigenvalue weighted by molar-refractivity contribution is -0.197. The van der Waals surface area contributed by atoms with Gasteiger partial charge < -0.3 is 9.74 Å². The summed E-state index contributed by atoms with van der Waals surface area (Å²) < 4.78 is 0. The fourth-order valence-electron chi connectivity index (χ4n) is 3.57. The zero-order valence-corrected chi connectivity index (χ0v) is 16.8. The smallest absolute Gasteiger partial charge is 0.330 e. The van der Waals surface area contributed by atoms with Crippen LogP contribution < -0.4 is 4.90 Å². The summed E-state index contributed by atoms with van der Waals surface area (Å²) in [5, 5.41) is 0.495. The number of benzene rings is 2. The molecule has 2 aliphatic heterocycles. The first-order chi connectivity index (χ1) is 15.0. The van der Waals surface area contributed by atoms with E-state index in [9.17, 15) is 19.2 Å². The third-order valence-electron chi connectivity index (χ3n) is 5.19. The van der Waals surface area contributed by atoms with Gasteiger partial charge in [-0.2, -0.15) is 0 Å². The highest BCUT2D eigenvalue weighted by atomic mass is 16.7. The molecule has 0 unspecified atom stereocenters. The highest BCUT2D eigenvalue weighted by molar-refractivity contribution is 6.02. The number of amides is 3. The van der Waals surface area contributed by atoms with Crippen LogP contribution in [-0.4, -0.2) is 35.3 Å². The number of anilines is 1. The summed E-state index contributed by atoms with van der Waals surface area (Å²) >= 11 is 0. The topological polar surface area (TPSA) is 84.0 Å². The number of para-hydroxylation sites is 1. The first-order valence-corrected chi connectivity index (χ1v) is 10.1. The van der Waals surface area contributed by atoms with Crippen LogP contribution in [0.1, 0.15) is 42.4 Å². The van der Waals surface area contributed by atoms with E-state index in [4.69, 9.17) is 4.84 Å². The van der Waals surface area contributed by atoms with Crippen LogP contribution >= 0.6 is 0 Å². The van der Waals surface area contributed by atoms with Crippen LogP contribution in [0.15, 0.2) is 48.5 Å². The van der Waals surface area contributed by atoms with Crippen molar-refractivity contribution in [2.45, 2.75) is 32.1 Å². The Morgan fingerprint density at radius 1 is 0.839 bits per heavy atom. The van der Waals surface area contributed by atoms with E-state index in [1.807, 2.05) is 48.5 Å². The fourth-order valence-corrected chi connectivity index (χ4v) is 3.57. The summed E-state index contributed by atoms with van der Waals surface area (Å²) in [4.78, 5) is 54.8. The van der Waals surface area contributed by atoms with Gasteiger partial charge in [0, 0.05) is 36.9 Å². The normalized spacial score (nSPS) is 15.1. The van der Waals surface area contributed by atoms with Gasteiger partial charge in [0.05, 0.1) is 12.1 Å². The van der Waals surface area contributed by atoms with Gasteiger partial charge in [0.25, 0.3) is 11.8 Å². The molecule has 2 aromatic rings. The highest BCUT2D eigenvalue weighted by Gasteiger charge is 2.33. The van der Waals surface area contributed by atoms with Crippen LogP contribution in [0, 0.1) is 11.8 Å². The molecule has 0 radical (unpaired) electrons. The Bertz CT molecular complexity index is 1110. The van der Waals surface area contributed by atoms with E-state index < -0.39 is 17.8 Å². The Balaban J connectivity index is 1.49. The Hall–Kier alpha value is -3.92. The van der Waals surface area contributed by atoms with Crippen molar-refractivity contribution < 1.29 is 24.0 Å². The van der Waals surface area contributed by atoms with Crippen molar-refractivity contribution in [1.82, 2.24) is 5.06 Å². The maximum atomic E-state index is 13.0. The van der Waals surface area contributed by atoms with Gasteiger partial charge in [-0.25, -0.2) is 4.79 Å². The van der Waals surface area contributed by atoms with E-state index in [1.165, 1.54) is 0 Å². The van der Waals surface area contributed by atoms with E-state index in [0.717, 1.165) is 16.7 Å². The summed E-state index contributed by atoms with van der Waals surface area (Å²) in [5.41, 5.74) is 3.38. The number of carbonyl (C=O) groups is 4. The standard InChI is InChI=1S/C24H20N2O5/c27-21(13-14-24(30)31-26-22(28)11-12-23(26)29)25-16-15-18-6-2-1-5-17(18)9-10-19-7-3-4-8-20(19)25/h1-8H,11-16H2. The first kappa shape index (κ1) is 20.4. The molecule has 7 nitrogen and oxygen atoms in total. The average Bonchev–Trinajstić information content (AvgIpc) is 3.13. The lowest BCUT2D eigenvalue weighted by Gasteiger charge is -2.24. The van der Waals surface area contributed by atoms with E-state index in [2.05, 4.69) is 11.8 Å². The Morgan fingerprint density at radius 2 is 1.48 bits per heavy atom. The molecule has 0 N–H and O–H groups in total. The van der Waals surface area contributed by atoms with Gasteiger partial charge in [0.15, 0.2) is 0 Å². The fraction of sp³-hybridized carbons (Fsp3) is 0.250. The second kappa shape index (κ2) is 8.84. The van der Waals surface area contributed by atoms with Gasteiger partial charge in [-0.3, -0.25) is 14.4 Å². The molecule has 3 amide bonds. The molecule has 0 bridgehead atoms. The second-order valence-electron chi connectivity index (χ2n) is 7.26. The molecule has 0 aliphatic carbocycles. The minimum atomic E-state index is -0.792. The number of rotatable bonds is 4. The molecule has 0 spiro atoms. The number of imide groups is 1. The third kappa shape index (κ3) is 4.48. The number of fused-ring (bicyclic) bond motifs is 2. The molecule has 0 atom stereocenters. The van der Waals surface area contributed by atoms with Gasteiger partial charge in [0.1, 0.15) is 0 Å². The Morgan fingerprint density at radius 3 is 2.26 bits per heavy atom. The van der Waals surface area contributed by atoms with Gasteiger partial charge in [0.2, 0.25) is 5.91 Å². The van der Waals surface area contributed by atoms with Crippen LogP contribution in [0.4, 0.5) is 5.69 Å². The molecule has 2 aliphatic rings. The van der Waals surface area contributed by atoms with Crippen LogP contribution in [-0.2, 0) is 30.4 Å². The van der Waals surface area contributed by atoms with E-state index in [1.54, 1.807) is 4.90 Å². The van der Waals surface area contributed by atoms with Crippen LogP contribution in [0.2, 0.25) is 0 Å². The zero-order valence-electron chi connectivity index (χ0n) is 16.8.